The third kappa shape index (κ3) is 2.61. The van der Waals surface area contributed by atoms with E-state index in [9.17, 15) is 0 Å². The fraction of sp³-hybridized carbons (Fsp3) is 0.143. The van der Waals surface area contributed by atoms with E-state index in [1.54, 1.807) is 5.57 Å². The van der Waals surface area contributed by atoms with Crippen molar-refractivity contribution in [3.05, 3.63) is 148 Å². The lowest BCUT2D eigenvalue weighted by Crippen LogP contribution is -2.27. The average Bonchev–Trinajstić information content (AvgIpc) is 3.40. The Hall–Kier alpha value is -4.10. The Kier molecular flexibility index (Phi) is 4.16. The van der Waals surface area contributed by atoms with E-state index in [4.69, 9.17) is 0 Å². The molecular formula is C35H27N. The third-order valence-corrected chi connectivity index (χ3v) is 8.64. The minimum absolute atomic E-state index is 0.201. The summed E-state index contributed by atoms with van der Waals surface area (Å²) >= 11 is 0. The first-order valence-electron chi connectivity index (χ1n) is 13.1. The molecule has 0 radical (unpaired) electrons. The Morgan fingerprint density at radius 2 is 1.39 bits per heavy atom. The number of hydrogen-bond acceptors (Lipinski definition) is 1. The van der Waals surface area contributed by atoms with Crippen LogP contribution in [-0.4, -0.2) is 0 Å². The van der Waals surface area contributed by atoms with Crippen molar-refractivity contribution in [2.24, 2.45) is 0 Å². The highest BCUT2D eigenvalue weighted by atomic mass is 14.9. The molecule has 172 valence electrons. The second-order valence-corrected chi connectivity index (χ2v) is 10.4. The van der Waals surface area contributed by atoms with Gasteiger partial charge in [-0.05, 0) is 99.5 Å². The largest absolute Gasteiger partial charge is 0.359 e. The lowest BCUT2D eigenvalue weighted by molar-refractivity contribution is 0.714. The molecule has 1 spiro atoms. The quantitative estimate of drug-likeness (QED) is 0.315. The summed E-state index contributed by atoms with van der Waals surface area (Å²) in [6.07, 6.45) is 11.4. The number of fused-ring (bicyclic) bond motifs is 10. The van der Waals surface area contributed by atoms with Gasteiger partial charge in [0.15, 0.2) is 0 Å². The molecule has 0 saturated carbocycles. The molecule has 0 saturated heterocycles. The highest BCUT2D eigenvalue weighted by molar-refractivity contribution is 5.97. The molecule has 1 heteroatoms. The SMILES string of the molecule is C1=CC2=C(CC1)C1(c3ccccc32)c2ccccc2-c2ccc(NC3=Cc4ccccc4CC3)cc21. The van der Waals surface area contributed by atoms with E-state index < -0.39 is 0 Å². The summed E-state index contributed by atoms with van der Waals surface area (Å²) in [5.74, 6) is 0. The van der Waals surface area contributed by atoms with E-state index in [0.717, 1.165) is 25.7 Å². The monoisotopic (exact) mass is 461 g/mol. The van der Waals surface area contributed by atoms with E-state index in [2.05, 4.69) is 115 Å². The summed E-state index contributed by atoms with van der Waals surface area (Å²) in [5.41, 5.74) is 16.5. The number of nitrogens with one attached hydrogen (secondary N) is 1. The summed E-state index contributed by atoms with van der Waals surface area (Å²) in [6, 6.07) is 34.0. The van der Waals surface area contributed by atoms with Crippen LogP contribution < -0.4 is 5.32 Å². The smallest absolute Gasteiger partial charge is 0.0689 e. The van der Waals surface area contributed by atoms with E-state index >= 15 is 0 Å². The van der Waals surface area contributed by atoms with Crippen LogP contribution in [0.1, 0.15) is 52.6 Å². The van der Waals surface area contributed by atoms with Crippen molar-refractivity contribution < 1.29 is 0 Å². The third-order valence-electron chi connectivity index (χ3n) is 8.64. The van der Waals surface area contributed by atoms with Crippen LogP contribution in [0.15, 0.2) is 114 Å². The Morgan fingerprint density at radius 1 is 0.639 bits per heavy atom. The van der Waals surface area contributed by atoms with Crippen LogP contribution >= 0.6 is 0 Å². The molecule has 4 aliphatic carbocycles. The van der Waals surface area contributed by atoms with Gasteiger partial charge in [0.2, 0.25) is 0 Å². The molecule has 0 fully saturated rings. The van der Waals surface area contributed by atoms with E-state index in [0.29, 0.717) is 0 Å². The van der Waals surface area contributed by atoms with Crippen molar-refractivity contribution in [1.29, 1.82) is 0 Å². The standard InChI is InChI=1S/C35H27N/c1-2-10-24-21-25(18-17-23(24)9-1)36-26-19-20-30-29-13-5-8-16-33(29)35(34(30)22-26)31-14-6-3-11-27(31)28-12-4-7-15-32(28)35/h1-6,8-14,16,19-22,36H,7,15,17-18H2. The maximum absolute atomic E-state index is 3.81. The molecule has 0 amide bonds. The number of anilines is 1. The van der Waals surface area contributed by atoms with Gasteiger partial charge in [0.05, 0.1) is 5.41 Å². The second kappa shape index (κ2) is 7.45. The van der Waals surface area contributed by atoms with Gasteiger partial charge in [0.25, 0.3) is 0 Å². The number of rotatable bonds is 2. The minimum atomic E-state index is -0.201. The van der Waals surface area contributed by atoms with Crippen LogP contribution in [0.25, 0.3) is 22.8 Å². The lowest BCUT2D eigenvalue weighted by Gasteiger charge is -2.33. The molecule has 4 aromatic rings. The fourth-order valence-corrected chi connectivity index (χ4v) is 7.20. The predicted octanol–water partition coefficient (Wildman–Crippen LogP) is 8.52. The first kappa shape index (κ1) is 20.1. The lowest BCUT2D eigenvalue weighted by atomic mass is 9.68. The van der Waals surface area contributed by atoms with Crippen LogP contribution in [0.4, 0.5) is 5.69 Å². The highest BCUT2D eigenvalue weighted by Crippen LogP contribution is 2.63. The number of aryl methyl sites for hydroxylation is 1. The maximum atomic E-state index is 3.81. The van der Waals surface area contributed by atoms with E-state index in [1.807, 2.05) is 0 Å². The van der Waals surface area contributed by atoms with E-state index in [-0.39, 0.29) is 5.41 Å². The number of hydrogen-bond donors (Lipinski definition) is 1. The molecule has 4 aliphatic rings. The summed E-state index contributed by atoms with van der Waals surface area (Å²) in [4.78, 5) is 0. The molecule has 1 nitrogen and oxygen atoms in total. The van der Waals surface area contributed by atoms with Crippen LogP contribution in [0.2, 0.25) is 0 Å². The molecule has 36 heavy (non-hydrogen) atoms. The zero-order valence-electron chi connectivity index (χ0n) is 20.2. The molecular weight excluding hydrogens is 434 g/mol. The first-order chi connectivity index (χ1) is 17.8. The molecule has 0 aromatic heterocycles. The van der Waals surface area contributed by atoms with Gasteiger partial charge in [-0.15, -0.1) is 0 Å². The van der Waals surface area contributed by atoms with Crippen molar-refractivity contribution in [2.45, 2.75) is 31.1 Å². The maximum Gasteiger partial charge on any atom is 0.0689 e. The molecule has 0 bridgehead atoms. The first-order valence-corrected chi connectivity index (χ1v) is 13.1. The van der Waals surface area contributed by atoms with Gasteiger partial charge in [0.1, 0.15) is 0 Å². The predicted molar refractivity (Wildman–Crippen MR) is 150 cm³/mol. The van der Waals surface area contributed by atoms with Crippen LogP contribution in [0.5, 0.6) is 0 Å². The topological polar surface area (TPSA) is 12.0 Å². The van der Waals surface area contributed by atoms with Gasteiger partial charge < -0.3 is 5.32 Å². The Labute approximate surface area is 212 Å². The normalized spacial score (nSPS) is 20.4. The number of benzene rings is 4. The summed E-state index contributed by atoms with van der Waals surface area (Å²) in [5, 5.41) is 3.81. The molecule has 8 rings (SSSR count). The van der Waals surface area contributed by atoms with Gasteiger partial charge in [0, 0.05) is 11.4 Å². The minimum Gasteiger partial charge on any atom is -0.359 e. The van der Waals surface area contributed by atoms with Gasteiger partial charge in [-0.2, -0.15) is 0 Å². The van der Waals surface area contributed by atoms with Gasteiger partial charge in [-0.3, -0.25) is 0 Å². The van der Waals surface area contributed by atoms with Crippen molar-refractivity contribution in [2.75, 3.05) is 5.32 Å². The summed E-state index contributed by atoms with van der Waals surface area (Å²) in [7, 11) is 0. The molecule has 1 atom stereocenters. The van der Waals surface area contributed by atoms with Crippen molar-refractivity contribution in [1.82, 2.24) is 0 Å². The zero-order valence-corrected chi connectivity index (χ0v) is 20.2. The van der Waals surface area contributed by atoms with Crippen molar-refractivity contribution >= 4 is 17.3 Å². The van der Waals surface area contributed by atoms with Gasteiger partial charge in [-0.1, -0.05) is 91.0 Å². The summed E-state index contributed by atoms with van der Waals surface area (Å²) < 4.78 is 0. The van der Waals surface area contributed by atoms with Crippen molar-refractivity contribution in [3.63, 3.8) is 0 Å². The number of allylic oxidation sites excluding steroid dienone is 5. The molecule has 0 aliphatic heterocycles. The van der Waals surface area contributed by atoms with Crippen LogP contribution in [0.3, 0.4) is 0 Å². The molecule has 4 aromatic carbocycles. The Morgan fingerprint density at radius 3 is 2.31 bits per heavy atom. The Bertz CT molecular complexity index is 1660. The average molecular weight is 462 g/mol. The fourth-order valence-electron chi connectivity index (χ4n) is 7.20. The zero-order chi connectivity index (χ0) is 23.7. The van der Waals surface area contributed by atoms with Gasteiger partial charge in [-0.25, -0.2) is 0 Å². The second-order valence-electron chi connectivity index (χ2n) is 10.4. The van der Waals surface area contributed by atoms with Crippen LogP contribution in [0, 0.1) is 0 Å². The summed E-state index contributed by atoms with van der Waals surface area (Å²) in [6.45, 7) is 0. The molecule has 1 unspecified atom stereocenters. The molecule has 1 N–H and O–H groups in total. The van der Waals surface area contributed by atoms with Gasteiger partial charge >= 0.3 is 0 Å². The van der Waals surface area contributed by atoms with E-state index in [1.165, 1.54) is 61.5 Å². The highest BCUT2D eigenvalue weighted by Gasteiger charge is 2.52. The van der Waals surface area contributed by atoms with Crippen molar-refractivity contribution in [3.8, 4) is 11.1 Å². The molecule has 0 heterocycles. The van der Waals surface area contributed by atoms with Crippen LogP contribution in [-0.2, 0) is 11.8 Å². The Balaban J connectivity index is 1.33.